The summed E-state index contributed by atoms with van der Waals surface area (Å²) < 4.78 is 0. The van der Waals surface area contributed by atoms with Crippen LogP contribution in [0.1, 0.15) is 40.0 Å². The predicted molar refractivity (Wildman–Crippen MR) is 120 cm³/mol. The summed E-state index contributed by atoms with van der Waals surface area (Å²) in [5, 5.41) is 16.8. The SMILES string of the molecule is CCC(C)C(NC(=O)C(C)NC(=O)C(CCCN=C(N)N)NC(=O)C(N)CS)C(=O)O. The number of guanidine groups is 1. The van der Waals surface area contributed by atoms with Crippen molar-refractivity contribution in [2.45, 2.75) is 64.2 Å². The molecule has 0 saturated heterocycles. The molecule has 0 rings (SSSR count). The van der Waals surface area contributed by atoms with Crippen molar-refractivity contribution in [1.82, 2.24) is 16.0 Å². The Labute approximate surface area is 187 Å². The number of amides is 3. The zero-order chi connectivity index (χ0) is 24.1. The van der Waals surface area contributed by atoms with Crippen molar-refractivity contribution >= 4 is 42.3 Å². The molecule has 0 aromatic carbocycles. The van der Waals surface area contributed by atoms with Crippen molar-refractivity contribution in [2.24, 2.45) is 28.1 Å². The highest BCUT2D eigenvalue weighted by molar-refractivity contribution is 7.80. The van der Waals surface area contributed by atoms with Crippen LogP contribution < -0.4 is 33.2 Å². The number of hydrogen-bond donors (Lipinski definition) is 8. The fourth-order valence-corrected chi connectivity index (χ4v) is 2.64. The van der Waals surface area contributed by atoms with Crippen LogP contribution in [0.3, 0.4) is 0 Å². The number of nitrogens with one attached hydrogen (secondary N) is 3. The first kappa shape index (κ1) is 28.5. The second-order valence-corrected chi connectivity index (χ2v) is 7.60. The zero-order valence-electron chi connectivity index (χ0n) is 18.1. The smallest absolute Gasteiger partial charge is 0.326 e. The Balaban J connectivity index is 5.13. The molecule has 0 spiro atoms. The van der Waals surface area contributed by atoms with Gasteiger partial charge >= 0.3 is 5.97 Å². The van der Waals surface area contributed by atoms with Crippen LogP contribution in [0, 0.1) is 5.92 Å². The lowest BCUT2D eigenvalue weighted by Crippen LogP contribution is -2.57. The van der Waals surface area contributed by atoms with E-state index < -0.39 is 47.9 Å². The fourth-order valence-electron chi connectivity index (χ4n) is 2.47. The number of carbonyl (C=O) groups excluding carboxylic acids is 3. The lowest BCUT2D eigenvalue weighted by atomic mass is 9.99. The van der Waals surface area contributed by atoms with E-state index in [9.17, 15) is 24.3 Å². The van der Waals surface area contributed by atoms with Gasteiger partial charge in [-0.25, -0.2) is 4.79 Å². The van der Waals surface area contributed by atoms with Gasteiger partial charge in [0.1, 0.15) is 18.1 Å². The maximum absolute atomic E-state index is 12.7. The first-order valence-corrected chi connectivity index (χ1v) is 10.6. The standard InChI is InChI=1S/C18H35N7O5S/c1-4-9(2)13(17(29)30)25-14(26)10(3)23-16(28)12(6-5-7-22-18(20)21)24-15(27)11(19)8-31/h9-13,31H,4-8,19H2,1-3H3,(H,23,28)(H,24,27)(H,25,26)(H,29,30)(H4,20,21,22). The number of thiol groups is 1. The molecule has 0 bridgehead atoms. The van der Waals surface area contributed by atoms with Gasteiger partial charge in [-0.3, -0.25) is 19.4 Å². The number of carboxylic acid groups (broad SMARTS) is 1. The van der Waals surface area contributed by atoms with Gasteiger partial charge in [-0.1, -0.05) is 20.3 Å². The maximum atomic E-state index is 12.7. The van der Waals surface area contributed by atoms with Crippen LogP contribution in [0.25, 0.3) is 0 Å². The van der Waals surface area contributed by atoms with Crippen LogP contribution in [-0.2, 0) is 19.2 Å². The largest absolute Gasteiger partial charge is 0.480 e. The molecule has 12 nitrogen and oxygen atoms in total. The van der Waals surface area contributed by atoms with E-state index in [-0.39, 0.29) is 30.6 Å². The summed E-state index contributed by atoms with van der Waals surface area (Å²) in [5.74, 6) is -3.32. The number of hydrogen-bond acceptors (Lipinski definition) is 7. The minimum Gasteiger partial charge on any atom is -0.480 e. The van der Waals surface area contributed by atoms with Crippen LogP contribution in [0.15, 0.2) is 4.99 Å². The van der Waals surface area contributed by atoms with E-state index in [1.807, 2.05) is 6.92 Å². The molecule has 0 radical (unpaired) electrons. The number of carbonyl (C=O) groups is 4. The number of nitrogens with zero attached hydrogens (tertiary/aromatic N) is 1. The molecule has 178 valence electrons. The number of rotatable bonds is 14. The lowest BCUT2D eigenvalue weighted by Gasteiger charge is -2.24. The molecule has 5 unspecified atom stereocenters. The molecule has 31 heavy (non-hydrogen) atoms. The number of aliphatic carboxylic acids is 1. The van der Waals surface area contributed by atoms with Gasteiger partial charge < -0.3 is 38.3 Å². The van der Waals surface area contributed by atoms with Gasteiger partial charge in [-0.15, -0.1) is 0 Å². The van der Waals surface area contributed by atoms with Crippen molar-refractivity contribution in [2.75, 3.05) is 12.3 Å². The van der Waals surface area contributed by atoms with E-state index >= 15 is 0 Å². The number of carboxylic acids is 1. The summed E-state index contributed by atoms with van der Waals surface area (Å²) in [6, 6.07) is -4.02. The Morgan fingerprint density at radius 2 is 1.65 bits per heavy atom. The normalized spacial score (nSPS) is 15.5. The molecule has 0 aliphatic carbocycles. The third kappa shape index (κ3) is 10.9. The quantitative estimate of drug-likeness (QED) is 0.0619. The van der Waals surface area contributed by atoms with Crippen molar-refractivity contribution in [3.05, 3.63) is 0 Å². The van der Waals surface area contributed by atoms with Crippen LogP contribution in [0.2, 0.25) is 0 Å². The predicted octanol–water partition coefficient (Wildman–Crippen LogP) is -2.10. The molecule has 13 heteroatoms. The van der Waals surface area contributed by atoms with E-state index in [0.29, 0.717) is 12.8 Å². The summed E-state index contributed by atoms with van der Waals surface area (Å²) in [7, 11) is 0. The van der Waals surface area contributed by atoms with Crippen LogP contribution in [0.4, 0.5) is 0 Å². The van der Waals surface area contributed by atoms with Crippen LogP contribution >= 0.6 is 12.6 Å². The average molecular weight is 462 g/mol. The molecule has 3 amide bonds. The van der Waals surface area contributed by atoms with Crippen molar-refractivity contribution in [1.29, 1.82) is 0 Å². The Morgan fingerprint density at radius 3 is 2.13 bits per heavy atom. The molecule has 5 atom stereocenters. The van der Waals surface area contributed by atoms with Crippen LogP contribution in [-0.4, -0.2) is 71.2 Å². The Morgan fingerprint density at radius 1 is 1.03 bits per heavy atom. The van der Waals surface area contributed by atoms with Crippen molar-refractivity contribution in [3.63, 3.8) is 0 Å². The van der Waals surface area contributed by atoms with E-state index in [4.69, 9.17) is 17.2 Å². The van der Waals surface area contributed by atoms with E-state index in [1.54, 1.807) is 6.92 Å². The number of nitrogens with two attached hydrogens (primary N) is 3. The second-order valence-electron chi connectivity index (χ2n) is 7.24. The minimum absolute atomic E-state index is 0.0825. The first-order valence-electron chi connectivity index (χ1n) is 10.00. The van der Waals surface area contributed by atoms with Crippen molar-refractivity contribution < 1.29 is 24.3 Å². The summed E-state index contributed by atoms with van der Waals surface area (Å²) >= 11 is 3.96. The van der Waals surface area contributed by atoms with E-state index in [2.05, 4.69) is 33.6 Å². The Bertz CT molecular complexity index is 657. The third-order valence-corrected chi connectivity index (χ3v) is 5.03. The lowest BCUT2D eigenvalue weighted by molar-refractivity contribution is -0.143. The second kappa shape index (κ2) is 14.5. The average Bonchev–Trinajstić information content (AvgIpc) is 2.71. The summed E-state index contributed by atoms with van der Waals surface area (Å²) in [4.78, 5) is 52.4. The summed E-state index contributed by atoms with van der Waals surface area (Å²) in [6.45, 7) is 5.17. The molecule has 10 N–H and O–H groups in total. The highest BCUT2D eigenvalue weighted by Gasteiger charge is 2.29. The van der Waals surface area contributed by atoms with Gasteiger partial charge in [0.05, 0.1) is 6.04 Å². The van der Waals surface area contributed by atoms with Gasteiger partial charge in [0.15, 0.2) is 5.96 Å². The zero-order valence-corrected chi connectivity index (χ0v) is 19.0. The molecule has 0 aromatic rings. The Hall–Kier alpha value is -2.54. The van der Waals surface area contributed by atoms with Crippen molar-refractivity contribution in [3.8, 4) is 0 Å². The highest BCUT2D eigenvalue weighted by atomic mass is 32.1. The molecule has 0 aliphatic rings. The number of aliphatic imine (C=N–C) groups is 1. The molecular weight excluding hydrogens is 426 g/mol. The molecule has 0 aliphatic heterocycles. The van der Waals surface area contributed by atoms with Crippen LogP contribution in [0.5, 0.6) is 0 Å². The maximum Gasteiger partial charge on any atom is 0.326 e. The molecular formula is C18H35N7O5S. The first-order chi connectivity index (χ1) is 14.4. The van der Waals surface area contributed by atoms with Gasteiger partial charge in [0, 0.05) is 12.3 Å². The highest BCUT2D eigenvalue weighted by Crippen LogP contribution is 2.08. The molecule has 0 aromatic heterocycles. The summed E-state index contributed by atoms with van der Waals surface area (Å²) in [5.41, 5.74) is 16.2. The monoisotopic (exact) mass is 461 g/mol. The molecule has 0 fully saturated rings. The molecule has 0 saturated carbocycles. The van der Waals surface area contributed by atoms with Gasteiger partial charge in [0.25, 0.3) is 0 Å². The fraction of sp³-hybridized carbons (Fsp3) is 0.722. The van der Waals surface area contributed by atoms with E-state index in [0.717, 1.165) is 0 Å². The van der Waals surface area contributed by atoms with Gasteiger partial charge in [-0.2, -0.15) is 12.6 Å². The van der Waals surface area contributed by atoms with E-state index in [1.165, 1.54) is 6.92 Å². The van der Waals surface area contributed by atoms with Gasteiger partial charge in [-0.05, 0) is 25.7 Å². The molecule has 0 heterocycles. The minimum atomic E-state index is -1.16. The summed E-state index contributed by atoms with van der Waals surface area (Å²) in [6.07, 6.45) is 1.11. The topological polar surface area (TPSA) is 215 Å². The van der Waals surface area contributed by atoms with Gasteiger partial charge in [0.2, 0.25) is 17.7 Å². The Kier molecular flexibility index (Phi) is 13.3. The third-order valence-electron chi connectivity index (χ3n) is 4.64.